The zero-order chi connectivity index (χ0) is 19.8. The zero-order valence-electron chi connectivity index (χ0n) is 15.9. The number of aromatic hydroxyl groups is 1. The molecule has 8 heteroatoms. The second-order valence-corrected chi connectivity index (χ2v) is 6.60. The van der Waals surface area contributed by atoms with Crippen LogP contribution in [0.25, 0.3) is 0 Å². The third-order valence-corrected chi connectivity index (χ3v) is 4.76. The van der Waals surface area contributed by atoms with Gasteiger partial charge in [0.05, 0.1) is 5.69 Å². The molecular weight excluding hydrogens is 346 g/mol. The lowest BCUT2D eigenvalue weighted by Crippen LogP contribution is -2.48. The van der Waals surface area contributed by atoms with Gasteiger partial charge in [0.15, 0.2) is 0 Å². The molecule has 1 aliphatic heterocycles. The number of carbonyl (C=O) groups excluding carboxylic acids is 2. The van der Waals surface area contributed by atoms with Gasteiger partial charge in [-0.3, -0.25) is 19.6 Å². The fourth-order valence-corrected chi connectivity index (χ4v) is 3.08. The number of benzene rings is 1. The molecule has 148 valence electrons. The molecule has 0 saturated carbocycles. The summed E-state index contributed by atoms with van der Waals surface area (Å²) in [5, 5.41) is 11.0. The average molecular weight is 375 g/mol. The Morgan fingerprint density at radius 2 is 1.89 bits per heavy atom. The van der Waals surface area contributed by atoms with E-state index in [0.29, 0.717) is 12.3 Å². The molecule has 3 amide bonds. The number of likely N-dealkylation sites (N-methyl/N-ethyl adjacent to an activating group) is 1. The number of hydrogen-bond acceptors (Lipinski definition) is 6. The molecule has 0 spiro atoms. The van der Waals surface area contributed by atoms with Crippen LogP contribution >= 0.6 is 0 Å². The number of piperazine rings is 1. The maximum absolute atomic E-state index is 12.0. The van der Waals surface area contributed by atoms with Crippen LogP contribution in [0.2, 0.25) is 0 Å². The van der Waals surface area contributed by atoms with Gasteiger partial charge in [0, 0.05) is 39.8 Å². The van der Waals surface area contributed by atoms with Crippen molar-refractivity contribution in [1.29, 1.82) is 0 Å². The van der Waals surface area contributed by atoms with E-state index in [2.05, 4.69) is 16.4 Å². The molecule has 0 aliphatic carbocycles. The molecule has 1 aromatic rings. The predicted molar refractivity (Wildman–Crippen MR) is 105 cm³/mol. The third kappa shape index (κ3) is 5.70. The summed E-state index contributed by atoms with van der Waals surface area (Å²) in [6, 6.07) is 6.87. The number of hydrazine groups is 1. The van der Waals surface area contributed by atoms with Crippen molar-refractivity contribution < 1.29 is 14.7 Å². The number of phenols is 1. The van der Waals surface area contributed by atoms with Crippen LogP contribution in [-0.2, 0) is 4.79 Å². The Labute approximate surface area is 160 Å². The lowest BCUT2D eigenvalue weighted by Gasteiger charge is -2.36. The van der Waals surface area contributed by atoms with E-state index >= 15 is 0 Å². The van der Waals surface area contributed by atoms with Crippen molar-refractivity contribution in [2.24, 2.45) is 5.84 Å². The molecular formula is C19H29N5O3. The summed E-state index contributed by atoms with van der Waals surface area (Å²) >= 11 is 0. The molecule has 1 fully saturated rings. The highest BCUT2D eigenvalue weighted by atomic mass is 16.3. The Morgan fingerprint density at radius 3 is 2.52 bits per heavy atom. The molecule has 1 saturated heterocycles. The minimum absolute atomic E-state index is 0.318. The summed E-state index contributed by atoms with van der Waals surface area (Å²) in [6.45, 7) is 8.27. The number of hydrogen-bond donors (Lipinski definition) is 2. The Kier molecular flexibility index (Phi) is 7.63. The van der Waals surface area contributed by atoms with E-state index < -0.39 is 11.9 Å². The number of nitrogens with zero attached hydrogens (tertiary/aromatic N) is 4. The standard InChI is InChI=1S/C19H29N5O3/c1-3-18(26)21(2)19(27)24(20)11-7-6-10-22-12-14-23(15-13-22)16-8-4-5-9-17(16)25/h3-5,8-9,25H,1,6-7,10-15,20H2,2H3. The van der Waals surface area contributed by atoms with E-state index in [1.165, 1.54) is 7.05 Å². The molecule has 0 unspecified atom stereocenters. The molecule has 2 rings (SSSR count). The average Bonchev–Trinajstić information content (AvgIpc) is 2.70. The van der Waals surface area contributed by atoms with Crippen molar-refractivity contribution in [3.63, 3.8) is 0 Å². The van der Waals surface area contributed by atoms with Crippen LogP contribution in [0.3, 0.4) is 0 Å². The van der Waals surface area contributed by atoms with Crippen molar-refractivity contribution in [2.45, 2.75) is 12.8 Å². The lowest BCUT2D eigenvalue weighted by atomic mass is 10.2. The van der Waals surface area contributed by atoms with Gasteiger partial charge in [-0.15, -0.1) is 0 Å². The number of para-hydroxylation sites is 2. The second-order valence-electron chi connectivity index (χ2n) is 6.60. The van der Waals surface area contributed by atoms with E-state index in [4.69, 9.17) is 5.84 Å². The third-order valence-electron chi connectivity index (χ3n) is 4.76. The number of amides is 3. The molecule has 3 N–H and O–H groups in total. The fourth-order valence-electron chi connectivity index (χ4n) is 3.08. The first-order valence-electron chi connectivity index (χ1n) is 9.15. The van der Waals surface area contributed by atoms with Crippen LogP contribution in [0.1, 0.15) is 12.8 Å². The number of rotatable bonds is 7. The molecule has 0 radical (unpaired) electrons. The Bertz CT molecular complexity index is 659. The molecule has 0 bridgehead atoms. The molecule has 1 heterocycles. The minimum atomic E-state index is -0.531. The molecule has 27 heavy (non-hydrogen) atoms. The first kappa shape index (κ1) is 20.7. The highest BCUT2D eigenvalue weighted by molar-refractivity contribution is 5.99. The number of anilines is 1. The summed E-state index contributed by atoms with van der Waals surface area (Å²) in [5.41, 5.74) is 0.882. The van der Waals surface area contributed by atoms with Gasteiger partial charge in [0.25, 0.3) is 5.91 Å². The zero-order valence-corrected chi connectivity index (χ0v) is 15.9. The van der Waals surface area contributed by atoms with Crippen molar-refractivity contribution in [2.75, 3.05) is 51.2 Å². The summed E-state index contributed by atoms with van der Waals surface area (Å²) in [5.74, 6) is 5.58. The number of unbranched alkanes of at least 4 members (excludes halogenated alkanes) is 1. The van der Waals surface area contributed by atoms with Gasteiger partial charge in [0.2, 0.25) is 0 Å². The van der Waals surface area contributed by atoms with E-state index in [1.54, 1.807) is 6.07 Å². The highest BCUT2D eigenvalue weighted by Gasteiger charge is 2.20. The lowest BCUT2D eigenvalue weighted by molar-refractivity contribution is -0.122. The minimum Gasteiger partial charge on any atom is -0.506 e. The van der Waals surface area contributed by atoms with Crippen LogP contribution in [-0.4, -0.2) is 78.2 Å². The second kappa shape index (κ2) is 9.94. The van der Waals surface area contributed by atoms with E-state index in [1.807, 2.05) is 18.2 Å². The molecule has 8 nitrogen and oxygen atoms in total. The quantitative estimate of drug-likeness (QED) is 0.245. The molecule has 1 aliphatic rings. The number of nitrogens with two attached hydrogens (primary N) is 1. The summed E-state index contributed by atoms with van der Waals surface area (Å²) in [6.07, 6.45) is 2.76. The highest BCUT2D eigenvalue weighted by Crippen LogP contribution is 2.27. The van der Waals surface area contributed by atoms with Crippen molar-refractivity contribution in [3.8, 4) is 5.75 Å². The Balaban J connectivity index is 1.66. The van der Waals surface area contributed by atoms with Gasteiger partial charge in [-0.1, -0.05) is 18.7 Å². The predicted octanol–water partition coefficient (Wildman–Crippen LogP) is 1.23. The molecule has 1 aromatic carbocycles. The van der Waals surface area contributed by atoms with Gasteiger partial charge < -0.3 is 10.0 Å². The van der Waals surface area contributed by atoms with Crippen LogP contribution in [0.15, 0.2) is 36.9 Å². The normalized spacial score (nSPS) is 14.7. The topological polar surface area (TPSA) is 93.3 Å². The Hall–Kier alpha value is -2.58. The summed E-state index contributed by atoms with van der Waals surface area (Å²) < 4.78 is 0. The van der Waals surface area contributed by atoms with Crippen LogP contribution < -0.4 is 10.7 Å². The van der Waals surface area contributed by atoms with Gasteiger partial charge in [-0.25, -0.2) is 10.6 Å². The first-order chi connectivity index (χ1) is 12.9. The summed E-state index contributed by atoms with van der Waals surface area (Å²) in [4.78, 5) is 28.9. The van der Waals surface area contributed by atoms with Crippen molar-refractivity contribution in [1.82, 2.24) is 14.8 Å². The maximum Gasteiger partial charge on any atom is 0.340 e. The summed E-state index contributed by atoms with van der Waals surface area (Å²) in [7, 11) is 1.39. The van der Waals surface area contributed by atoms with Crippen molar-refractivity contribution >= 4 is 17.6 Å². The molecule has 0 atom stereocenters. The van der Waals surface area contributed by atoms with Gasteiger partial charge >= 0.3 is 6.03 Å². The monoisotopic (exact) mass is 375 g/mol. The van der Waals surface area contributed by atoms with E-state index in [0.717, 1.165) is 67.2 Å². The van der Waals surface area contributed by atoms with Gasteiger partial charge in [0.1, 0.15) is 5.75 Å². The van der Waals surface area contributed by atoms with Crippen LogP contribution in [0.4, 0.5) is 10.5 Å². The van der Waals surface area contributed by atoms with Gasteiger partial charge in [-0.2, -0.15) is 0 Å². The molecule has 0 aromatic heterocycles. The number of carbonyl (C=O) groups is 2. The maximum atomic E-state index is 12.0. The van der Waals surface area contributed by atoms with Crippen LogP contribution in [0, 0.1) is 0 Å². The SMILES string of the molecule is C=CC(=O)N(C)C(=O)N(N)CCCCN1CCN(c2ccccc2O)CC1. The number of urea groups is 1. The van der Waals surface area contributed by atoms with E-state index in [-0.39, 0.29) is 0 Å². The number of imide groups is 1. The van der Waals surface area contributed by atoms with Crippen molar-refractivity contribution in [3.05, 3.63) is 36.9 Å². The van der Waals surface area contributed by atoms with Crippen LogP contribution in [0.5, 0.6) is 5.75 Å². The first-order valence-corrected chi connectivity index (χ1v) is 9.15. The smallest absolute Gasteiger partial charge is 0.340 e. The fraction of sp³-hybridized carbons (Fsp3) is 0.474. The van der Waals surface area contributed by atoms with E-state index in [9.17, 15) is 14.7 Å². The van der Waals surface area contributed by atoms with Gasteiger partial charge in [-0.05, 0) is 37.6 Å². The Morgan fingerprint density at radius 1 is 1.22 bits per heavy atom. The number of phenolic OH excluding ortho intramolecular Hbond substituents is 1. The largest absolute Gasteiger partial charge is 0.506 e.